The SMILES string of the molecule is CCOc1cc(-c2nc(SC)[nH]c(=O)c2C#N)cc(Cl)c1OCC(=O)Nc1ccccc1. The van der Waals surface area contributed by atoms with Crippen molar-refractivity contribution in [3.8, 4) is 28.8 Å². The van der Waals surface area contributed by atoms with Gasteiger partial charge in [0.05, 0.1) is 17.3 Å². The molecule has 0 unspecified atom stereocenters. The summed E-state index contributed by atoms with van der Waals surface area (Å²) in [6, 6.07) is 13.9. The van der Waals surface area contributed by atoms with E-state index in [2.05, 4.69) is 15.3 Å². The summed E-state index contributed by atoms with van der Waals surface area (Å²) in [6.07, 6.45) is 1.75. The third kappa shape index (κ3) is 5.41. The molecule has 1 heterocycles. The third-order valence-corrected chi connectivity index (χ3v) is 5.05. The first-order valence-corrected chi connectivity index (χ1v) is 11.1. The zero-order valence-electron chi connectivity index (χ0n) is 17.3. The summed E-state index contributed by atoms with van der Waals surface area (Å²) in [7, 11) is 0. The van der Waals surface area contributed by atoms with Gasteiger partial charge in [-0.05, 0) is 37.4 Å². The Morgan fingerprint density at radius 2 is 2.03 bits per heavy atom. The van der Waals surface area contributed by atoms with Crippen LogP contribution in [0.1, 0.15) is 12.5 Å². The molecule has 3 aromatic rings. The molecule has 32 heavy (non-hydrogen) atoms. The van der Waals surface area contributed by atoms with E-state index in [1.165, 1.54) is 17.8 Å². The molecule has 0 spiro atoms. The Morgan fingerprint density at radius 3 is 2.69 bits per heavy atom. The second-order valence-corrected chi connectivity index (χ2v) is 7.53. The molecule has 0 saturated carbocycles. The van der Waals surface area contributed by atoms with Crippen molar-refractivity contribution in [2.24, 2.45) is 0 Å². The van der Waals surface area contributed by atoms with Crippen LogP contribution in [0, 0.1) is 11.3 Å². The Kier molecular flexibility index (Phi) is 7.76. The molecule has 8 nitrogen and oxygen atoms in total. The standard InChI is InChI=1S/C22H19ClN4O4S/c1-3-30-17-10-13(19-15(11-24)21(29)27-22(26-19)32-2)9-16(23)20(17)31-12-18(28)25-14-7-5-4-6-8-14/h4-10H,3,12H2,1-2H3,(H,25,28)(H,26,27,29). The van der Waals surface area contributed by atoms with E-state index in [4.69, 9.17) is 21.1 Å². The van der Waals surface area contributed by atoms with E-state index in [0.29, 0.717) is 23.0 Å². The highest BCUT2D eigenvalue weighted by Crippen LogP contribution is 2.40. The molecule has 0 radical (unpaired) electrons. The Balaban J connectivity index is 1.92. The fraction of sp³-hybridized carbons (Fsp3) is 0.182. The van der Waals surface area contributed by atoms with E-state index in [0.717, 1.165) is 0 Å². The van der Waals surface area contributed by atoms with E-state index in [1.807, 2.05) is 12.1 Å². The molecule has 10 heteroatoms. The number of carbonyl (C=O) groups is 1. The van der Waals surface area contributed by atoms with Gasteiger partial charge in [-0.2, -0.15) is 5.26 Å². The Labute approximate surface area is 193 Å². The minimum atomic E-state index is -0.547. The number of H-pyrrole nitrogens is 1. The van der Waals surface area contributed by atoms with Crippen molar-refractivity contribution in [2.45, 2.75) is 12.1 Å². The average Bonchev–Trinajstić information content (AvgIpc) is 2.78. The minimum Gasteiger partial charge on any atom is -0.490 e. The van der Waals surface area contributed by atoms with Crippen molar-refractivity contribution in [1.29, 1.82) is 5.26 Å². The highest BCUT2D eigenvalue weighted by Gasteiger charge is 2.19. The Hall–Kier alpha value is -3.48. The number of hydrogen-bond acceptors (Lipinski definition) is 7. The molecule has 2 N–H and O–H groups in total. The number of para-hydroxylation sites is 1. The van der Waals surface area contributed by atoms with Gasteiger partial charge in [-0.3, -0.25) is 9.59 Å². The summed E-state index contributed by atoms with van der Waals surface area (Å²) >= 11 is 7.67. The number of thioether (sulfide) groups is 1. The quantitative estimate of drug-likeness (QED) is 0.376. The van der Waals surface area contributed by atoms with Crippen LogP contribution in [0.25, 0.3) is 11.3 Å². The summed E-state index contributed by atoms with van der Waals surface area (Å²) in [5.74, 6) is 0.0690. The highest BCUT2D eigenvalue weighted by molar-refractivity contribution is 7.98. The molecule has 0 aliphatic heterocycles. The fourth-order valence-electron chi connectivity index (χ4n) is 2.83. The van der Waals surface area contributed by atoms with Crippen LogP contribution in [0.2, 0.25) is 5.02 Å². The summed E-state index contributed by atoms with van der Waals surface area (Å²) < 4.78 is 11.3. The lowest BCUT2D eigenvalue weighted by atomic mass is 10.1. The first-order valence-electron chi connectivity index (χ1n) is 9.49. The van der Waals surface area contributed by atoms with Gasteiger partial charge in [0.15, 0.2) is 23.3 Å². The maximum atomic E-state index is 12.2. The number of amides is 1. The lowest BCUT2D eigenvalue weighted by Gasteiger charge is -2.15. The molecule has 0 aliphatic carbocycles. The normalized spacial score (nSPS) is 10.3. The topological polar surface area (TPSA) is 117 Å². The molecule has 164 valence electrons. The van der Waals surface area contributed by atoms with E-state index >= 15 is 0 Å². The lowest BCUT2D eigenvalue weighted by Crippen LogP contribution is -2.20. The maximum absolute atomic E-state index is 12.2. The number of aromatic nitrogens is 2. The molecule has 0 aliphatic rings. The van der Waals surface area contributed by atoms with Crippen molar-refractivity contribution < 1.29 is 14.3 Å². The summed E-state index contributed by atoms with van der Waals surface area (Å²) in [6.45, 7) is 1.79. The van der Waals surface area contributed by atoms with Crippen molar-refractivity contribution >= 4 is 35.0 Å². The Morgan fingerprint density at radius 1 is 1.28 bits per heavy atom. The van der Waals surface area contributed by atoms with E-state index < -0.39 is 5.56 Å². The lowest BCUT2D eigenvalue weighted by molar-refractivity contribution is -0.118. The summed E-state index contributed by atoms with van der Waals surface area (Å²) in [5, 5.41) is 12.7. The van der Waals surface area contributed by atoms with E-state index in [-0.39, 0.29) is 40.3 Å². The minimum absolute atomic E-state index is 0.141. The van der Waals surface area contributed by atoms with Crippen LogP contribution >= 0.6 is 23.4 Å². The Bertz CT molecular complexity index is 1230. The molecule has 2 aromatic carbocycles. The molecule has 0 saturated heterocycles. The monoisotopic (exact) mass is 470 g/mol. The first-order chi connectivity index (χ1) is 15.5. The van der Waals surface area contributed by atoms with Crippen molar-refractivity contribution in [3.63, 3.8) is 0 Å². The van der Waals surface area contributed by atoms with Gasteiger partial charge in [-0.25, -0.2) is 4.98 Å². The number of nitrogens with one attached hydrogen (secondary N) is 2. The number of ether oxygens (including phenoxy) is 2. The zero-order chi connectivity index (χ0) is 23.1. The molecule has 0 bridgehead atoms. The second kappa shape index (κ2) is 10.7. The number of anilines is 1. The largest absolute Gasteiger partial charge is 0.490 e. The average molecular weight is 471 g/mol. The number of nitrogens with zero attached hydrogens (tertiary/aromatic N) is 2. The van der Waals surface area contributed by atoms with Gasteiger partial charge in [0.25, 0.3) is 11.5 Å². The smallest absolute Gasteiger partial charge is 0.270 e. The van der Waals surface area contributed by atoms with Gasteiger partial charge in [-0.1, -0.05) is 41.6 Å². The van der Waals surface area contributed by atoms with Crippen LogP contribution in [-0.2, 0) is 4.79 Å². The number of carbonyl (C=O) groups excluding carboxylic acids is 1. The maximum Gasteiger partial charge on any atom is 0.270 e. The van der Waals surface area contributed by atoms with Gasteiger partial charge in [0.2, 0.25) is 0 Å². The molecule has 1 amide bonds. The predicted octanol–water partition coefficient (Wildman–Crippen LogP) is 4.10. The van der Waals surface area contributed by atoms with Crippen LogP contribution in [0.15, 0.2) is 52.4 Å². The molecule has 0 fully saturated rings. The van der Waals surface area contributed by atoms with E-state index in [9.17, 15) is 14.9 Å². The van der Waals surface area contributed by atoms with Gasteiger partial charge < -0.3 is 19.8 Å². The highest BCUT2D eigenvalue weighted by atomic mass is 35.5. The number of hydrogen-bond donors (Lipinski definition) is 2. The van der Waals surface area contributed by atoms with Crippen LogP contribution < -0.4 is 20.3 Å². The molecular weight excluding hydrogens is 452 g/mol. The number of benzene rings is 2. The third-order valence-electron chi connectivity index (χ3n) is 4.19. The van der Waals surface area contributed by atoms with Gasteiger partial charge in [0.1, 0.15) is 11.6 Å². The first kappa shape index (κ1) is 23.2. The predicted molar refractivity (Wildman–Crippen MR) is 124 cm³/mol. The summed E-state index contributed by atoms with van der Waals surface area (Å²) in [4.78, 5) is 31.4. The zero-order valence-corrected chi connectivity index (χ0v) is 18.8. The molecule has 0 atom stereocenters. The summed E-state index contributed by atoms with van der Waals surface area (Å²) in [5.41, 5.74) is 0.543. The second-order valence-electron chi connectivity index (χ2n) is 6.33. The van der Waals surface area contributed by atoms with Gasteiger partial charge in [0, 0.05) is 11.3 Å². The van der Waals surface area contributed by atoms with Crippen LogP contribution in [0.5, 0.6) is 11.5 Å². The van der Waals surface area contributed by atoms with E-state index in [1.54, 1.807) is 43.5 Å². The van der Waals surface area contributed by atoms with Crippen molar-refractivity contribution in [1.82, 2.24) is 9.97 Å². The fourth-order valence-corrected chi connectivity index (χ4v) is 3.47. The van der Waals surface area contributed by atoms with Crippen molar-refractivity contribution in [2.75, 3.05) is 24.8 Å². The van der Waals surface area contributed by atoms with Crippen LogP contribution in [0.4, 0.5) is 5.69 Å². The van der Waals surface area contributed by atoms with Crippen LogP contribution in [-0.4, -0.2) is 35.3 Å². The number of aromatic amines is 1. The molecule has 3 rings (SSSR count). The van der Waals surface area contributed by atoms with Gasteiger partial charge in [-0.15, -0.1) is 0 Å². The molecular formula is C22H19ClN4O4S. The van der Waals surface area contributed by atoms with Crippen LogP contribution in [0.3, 0.4) is 0 Å². The molecule has 1 aromatic heterocycles. The van der Waals surface area contributed by atoms with Crippen molar-refractivity contribution in [3.05, 3.63) is 63.4 Å². The number of nitriles is 1. The number of halogens is 1. The number of rotatable bonds is 8. The van der Waals surface area contributed by atoms with Gasteiger partial charge >= 0.3 is 0 Å².